The van der Waals surface area contributed by atoms with Crippen molar-refractivity contribution in [2.24, 2.45) is 12.8 Å². The van der Waals surface area contributed by atoms with E-state index >= 15 is 0 Å². The maximum Gasteiger partial charge on any atom is 0.135 e. The molecule has 0 bridgehead atoms. The van der Waals surface area contributed by atoms with Crippen LogP contribution in [0, 0.1) is 0 Å². The lowest BCUT2D eigenvalue weighted by Crippen LogP contribution is -2.28. The van der Waals surface area contributed by atoms with E-state index in [1.54, 1.807) is 17.9 Å². The van der Waals surface area contributed by atoms with Gasteiger partial charge in [-0.25, -0.2) is 4.68 Å². The van der Waals surface area contributed by atoms with Gasteiger partial charge in [0.1, 0.15) is 5.60 Å². The Morgan fingerprint density at radius 2 is 2.24 bits per heavy atom. The van der Waals surface area contributed by atoms with Crippen LogP contribution in [0.5, 0.6) is 0 Å². The molecule has 0 saturated carbocycles. The lowest BCUT2D eigenvalue weighted by atomic mass is 9.92. The number of fused-ring (bicyclic) bond motifs is 1. The highest BCUT2D eigenvalue weighted by atomic mass is 16.3. The predicted octanol–water partition coefficient (Wildman–Crippen LogP) is 0.454. The van der Waals surface area contributed by atoms with Crippen molar-refractivity contribution in [3.8, 4) is 0 Å². The average Bonchev–Trinajstić information content (AvgIpc) is 2.85. The molecule has 2 atom stereocenters. The number of aryl methyl sites for hydroxylation is 1. The standard InChI is InChI=1S/C12H14N4O/c1-16-11(7-14-15-16)12(17)6-10(13)8-4-2-3-5-9(8)12/h2-5,7,10,17H,6,13H2,1H3. The van der Waals surface area contributed by atoms with Crippen molar-refractivity contribution < 1.29 is 5.11 Å². The molecular formula is C12H14N4O. The summed E-state index contributed by atoms with van der Waals surface area (Å²) in [5.41, 5.74) is 7.53. The van der Waals surface area contributed by atoms with Crippen LogP contribution in [0.15, 0.2) is 30.5 Å². The average molecular weight is 230 g/mol. The van der Waals surface area contributed by atoms with E-state index < -0.39 is 5.60 Å². The maximum absolute atomic E-state index is 10.9. The summed E-state index contributed by atoms with van der Waals surface area (Å²) in [5, 5.41) is 18.6. The molecule has 1 aliphatic carbocycles. The molecular weight excluding hydrogens is 216 g/mol. The molecule has 1 heterocycles. The van der Waals surface area contributed by atoms with Crippen LogP contribution < -0.4 is 5.73 Å². The Morgan fingerprint density at radius 3 is 2.94 bits per heavy atom. The second-order valence-corrected chi connectivity index (χ2v) is 4.50. The first kappa shape index (κ1) is 10.4. The number of hydrogen-bond acceptors (Lipinski definition) is 4. The Kier molecular flexibility index (Phi) is 2.08. The first-order valence-corrected chi connectivity index (χ1v) is 5.55. The van der Waals surface area contributed by atoms with Gasteiger partial charge in [0.25, 0.3) is 0 Å². The molecule has 0 aliphatic heterocycles. The van der Waals surface area contributed by atoms with Crippen molar-refractivity contribution in [2.45, 2.75) is 18.1 Å². The van der Waals surface area contributed by atoms with Crippen molar-refractivity contribution >= 4 is 0 Å². The number of nitrogens with zero attached hydrogens (tertiary/aromatic N) is 3. The van der Waals surface area contributed by atoms with Crippen molar-refractivity contribution in [1.82, 2.24) is 15.0 Å². The topological polar surface area (TPSA) is 77.0 Å². The molecule has 1 aliphatic rings. The highest BCUT2D eigenvalue weighted by Crippen LogP contribution is 2.45. The Balaban J connectivity index is 2.21. The quantitative estimate of drug-likeness (QED) is 0.746. The third kappa shape index (κ3) is 1.33. The van der Waals surface area contributed by atoms with Crippen LogP contribution in [0.4, 0.5) is 0 Å². The Morgan fingerprint density at radius 1 is 1.47 bits per heavy atom. The van der Waals surface area contributed by atoms with Crippen LogP contribution in [0.3, 0.4) is 0 Å². The molecule has 0 spiro atoms. The van der Waals surface area contributed by atoms with Crippen LogP contribution in [0.2, 0.25) is 0 Å². The largest absolute Gasteiger partial charge is 0.379 e. The molecule has 2 unspecified atom stereocenters. The van der Waals surface area contributed by atoms with E-state index in [0.717, 1.165) is 11.1 Å². The third-order valence-corrected chi connectivity index (χ3v) is 3.46. The van der Waals surface area contributed by atoms with Crippen LogP contribution in [0.1, 0.15) is 29.3 Å². The van der Waals surface area contributed by atoms with Gasteiger partial charge in [-0.15, -0.1) is 5.10 Å². The molecule has 5 heteroatoms. The zero-order chi connectivity index (χ0) is 12.0. The van der Waals surface area contributed by atoms with Gasteiger partial charge in [0, 0.05) is 19.5 Å². The van der Waals surface area contributed by atoms with E-state index in [1.165, 1.54) is 0 Å². The molecule has 88 valence electrons. The summed E-state index contributed by atoms with van der Waals surface area (Å²) < 4.78 is 1.59. The first-order chi connectivity index (χ1) is 8.13. The minimum absolute atomic E-state index is 0.147. The number of aliphatic hydroxyl groups is 1. The molecule has 1 aromatic heterocycles. The summed E-state index contributed by atoms with van der Waals surface area (Å²) in [6.07, 6.45) is 2.06. The molecule has 0 fully saturated rings. The molecule has 0 saturated heterocycles. The van der Waals surface area contributed by atoms with Crippen molar-refractivity contribution in [2.75, 3.05) is 0 Å². The zero-order valence-corrected chi connectivity index (χ0v) is 9.54. The van der Waals surface area contributed by atoms with E-state index in [2.05, 4.69) is 10.3 Å². The molecule has 0 radical (unpaired) electrons. The summed E-state index contributed by atoms with van der Waals surface area (Å²) in [7, 11) is 1.77. The second kappa shape index (κ2) is 3.38. The monoisotopic (exact) mass is 230 g/mol. The molecule has 3 N–H and O–H groups in total. The lowest BCUT2D eigenvalue weighted by Gasteiger charge is -2.23. The van der Waals surface area contributed by atoms with Crippen LogP contribution in [-0.4, -0.2) is 20.1 Å². The van der Waals surface area contributed by atoms with E-state index in [4.69, 9.17) is 5.73 Å². The summed E-state index contributed by atoms with van der Waals surface area (Å²) in [5.74, 6) is 0. The SMILES string of the molecule is Cn1nncc1C1(O)CC(N)c2ccccc21. The fraction of sp³-hybridized carbons (Fsp3) is 0.333. The van der Waals surface area contributed by atoms with Crippen LogP contribution >= 0.6 is 0 Å². The van der Waals surface area contributed by atoms with Gasteiger partial charge in [-0.3, -0.25) is 0 Å². The molecule has 17 heavy (non-hydrogen) atoms. The van der Waals surface area contributed by atoms with Crippen molar-refractivity contribution in [3.05, 3.63) is 47.3 Å². The molecule has 5 nitrogen and oxygen atoms in total. The van der Waals surface area contributed by atoms with Gasteiger partial charge in [-0.2, -0.15) is 0 Å². The van der Waals surface area contributed by atoms with E-state index in [9.17, 15) is 5.11 Å². The second-order valence-electron chi connectivity index (χ2n) is 4.50. The number of rotatable bonds is 1. The highest BCUT2D eigenvalue weighted by Gasteiger charge is 2.44. The Bertz CT molecular complexity index is 565. The van der Waals surface area contributed by atoms with Crippen molar-refractivity contribution in [3.63, 3.8) is 0 Å². The lowest BCUT2D eigenvalue weighted by molar-refractivity contribution is 0.0689. The normalized spacial score (nSPS) is 27.1. The van der Waals surface area contributed by atoms with Crippen molar-refractivity contribution in [1.29, 1.82) is 0 Å². The maximum atomic E-state index is 10.9. The molecule has 1 aromatic carbocycles. The first-order valence-electron chi connectivity index (χ1n) is 5.55. The van der Waals surface area contributed by atoms with E-state index in [-0.39, 0.29) is 6.04 Å². The van der Waals surface area contributed by atoms with Gasteiger partial charge in [0.05, 0.1) is 11.9 Å². The summed E-state index contributed by atoms with van der Waals surface area (Å²) in [4.78, 5) is 0. The number of hydrogen-bond donors (Lipinski definition) is 2. The van der Waals surface area contributed by atoms with E-state index in [0.29, 0.717) is 12.1 Å². The predicted molar refractivity (Wildman–Crippen MR) is 62.0 cm³/mol. The minimum Gasteiger partial charge on any atom is -0.379 e. The van der Waals surface area contributed by atoms with Gasteiger partial charge in [-0.05, 0) is 11.1 Å². The zero-order valence-electron chi connectivity index (χ0n) is 9.54. The fourth-order valence-corrected chi connectivity index (χ4v) is 2.64. The van der Waals surface area contributed by atoms with Gasteiger partial charge < -0.3 is 10.8 Å². The Labute approximate surface area is 98.9 Å². The third-order valence-electron chi connectivity index (χ3n) is 3.46. The molecule has 3 rings (SSSR count). The van der Waals surface area contributed by atoms with Crippen LogP contribution in [0.25, 0.3) is 0 Å². The smallest absolute Gasteiger partial charge is 0.135 e. The number of nitrogens with two attached hydrogens (primary N) is 1. The summed E-state index contributed by atoms with van der Waals surface area (Å²) >= 11 is 0. The summed E-state index contributed by atoms with van der Waals surface area (Å²) in [6, 6.07) is 7.57. The van der Waals surface area contributed by atoms with Gasteiger partial charge in [0.2, 0.25) is 0 Å². The molecule has 0 amide bonds. The minimum atomic E-state index is -1.08. The van der Waals surface area contributed by atoms with Gasteiger partial charge in [-0.1, -0.05) is 29.5 Å². The highest BCUT2D eigenvalue weighted by molar-refractivity contribution is 5.44. The fourth-order valence-electron chi connectivity index (χ4n) is 2.64. The Hall–Kier alpha value is -1.72. The van der Waals surface area contributed by atoms with Gasteiger partial charge >= 0.3 is 0 Å². The van der Waals surface area contributed by atoms with Crippen LogP contribution in [-0.2, 0) is 12.6 Å². The number of benzene rings is 1. The summed E-state index contributed by atoms with van der Waals surface area (Å²) in [6.45, 7) is 0. The number of aromatic nitrogens is 3. The van der Waals surface area contributed by atoms with Gasteiger partial charge in [0.15, 0.2) is 0 Å². The van der Waals surface area contributed by atoms with E-state index in [1.807, 2.05) is 24.3 Å². The molecule has 2 aromatic rings.